The van der Waals surface area contributed by atoms with Gasteiger partial charge < -0.3 is 5.11 Å². The fraction of sp³-hybridized carbons (Fsp3) is 0.333. The minimum Gasteiger partial charge on any atom is -0.392 e. The SMILES string of the molecule is CC(C)C(=Cc1cc(Br)ccc1F)CO. The van der Waals surface area contributed by atoms with Crippen LogP contribution in [0.15, 0.2) is 28.2 Å². The Bertz CT molecular complexity index is 372. The van der Waals surface area contributed by atoms with Gasteiger partial charge in [0.25, 0.3) is 0 Å². The van der Waals surface area contributed by atoms with Gasteiger partial charge in [0.2, 0.25) is 0 Å². The van der Waals surface area contributed by atoms with Crippen LogP contribution >= 0.6 is 15.9 Å². The van der Waals surface area contributed by atoms with Crippen LogP contribution in [0, 0.1) is 11.7 Å². The Morgan fingerprint density at radius 2 is 2.20 bits per heavy atom. The molecule has 0 saturated heterocycles. The highest BCUT2D eigenvalue weighted by Gasteiger charge is 2.05. The summed E-state index contributed by atoms with van der Waals surface area (Å²) in [4.78, 5) is 0. The lowest BCUT2D eigenvalue weighted by Gasteiger charge is -2.08. The topological polar surface area (TPSA) is 20.2 Å². The molecule has 82 valence electrons. The number of halogens is 2. The number of rotatable bonds is 3. The first-order chi connectivity index (χ1) is 7.04. The lowest BCUT2D eigenvalue weighted by molar-refractivity contribution is 0.320. The fourth-order valence-electron chi connectivity index (χ4n) is 1.22. The number of aliphatic hydroxyl groups is 1. The molecular weight excluding hydrogens is 259 g/mol. The predicted octanol–water partition coefficient (Wildman–Crippen LogP) is 3.62. The molecule has 0 aromatic heterocycles. The van der Waals surface area contributed by atoms with E-state index in [1.807, 2.05) is 13.8 Å². The minimum atomic E-state index is -0.273. The summed E-state index contributed by atoms with van der Waals surface area (Å²) in [6.45, 7) is 3.90. The monoisotopic (exact) mass is 272 g/mol. The molecule has 0 aliphatic carbocycles. The standard InChI is InChI=1S/C12H14BrFO/c1-8(2)10(7-15)5-9-6-11(13)3-4-12(9)14/h3-6,8,15H,7H2,1-2H3. The second-order valence-corrected chi connectivity index (χ2v) is 4.61. The third kappa shape index (κ3) is 3.43. The van der Waals surface area contributed by atoms with Crippen molar-refractivity contribution in [1.29, 1.82) is 0 Å². The Morgan fingerprint density at radius 1 is 1.53 bits per heavy atom. The molecular formula is C12H14BrFO. The van der Waals surface area contributed by atoms with Gasteiger partial charge >= 0.3 is 0 Å². The average molecular weight is 273 g/mol. The fourth-order valence-corrected chi connectivity index (χ4v) is 1.60. The van der Waals surface area contributed by atoms with Crippen molar-refractivity contribution in [1.82, 2.24) is 0 Å². The van der Waals surface area contributed by atoms with Crippen LogP contribution in [-0.4, -0.2) is 11.7 Å². The van der Waals surface area contributed by atoms with Gasteiger partial charge in [0.05, 0.1) is 6.61 Å². The van der Waals surface area contributed by atoms with Crippen LogP contribution in [0.3, 0.4) is 0 Å². The van der Waals surface area contributed by atoms with Gasteiger partial charge in [0.15, 0.2) is 0 Å². The van der Waals surface area contributed by atoms with Gasteiger partial charge in [-0.2, -0.15) is 0 Å². The zero-order chi connectivity index (χ0) is 11.4. The van der Waals surface area contributed by atoms with Crippen LogP contribution in [0.25, 0.3) is 6.08 Å². The van der Waals surface area contributed by atoms with E-state index in [2.05, 4.69) is 15.9 Å². The van der Waals surface area contributed by atoms with Gasteiger partial charge in [-0.15, -0.1) is 0 Å². The first-order valence-electron chi connectivity index (χ1n) is 4.81. The van der Waals surface area contributed by atoms with E-state index in [1.54, 1.807) is 18.2 Å². The smallest absolute Gasteiger partial charge is 0.130 e. The third-order valence-corrected chi connectivity index (χ3v) is 2.72. The third-order valence-electron chi connectivity index (χ3n) is 2.22. The number of hydrogen-bond acceptors (Lipinski definition) is 1. The Morgan fingerprint density at radius 3 is 2.73 bits per heavy atom. The summed E-state index contributed by atoms with van der Waals surface area (Å²) in [7, 11) is 0. The first-order valence-corrected chi connectivity index (χ1v) is 5.60. The van der Waals surface area contributed by atoms with Crippen molar-refractivity contribution in [2.75, 3.05) is 6.61 Å². The molecule has 0 amide bonds. The molecule has 0 bridgehead atoms. The molecule has 0 radical (unpaired) electrons. The second-order valence-electron chi connectivity index (χ2n) is 3.70. The van der Waals surface area contributed by atoms with Gasteiger partial charge in [-0.1, -0.05) is 35.9 Å². The van der Waals surface area contributed by atoms with E-state index in [4.69, 9.17) is 5.11 Å². The van der Waals surface area contributed by atoms with Crippen molar-refractivity contribution in [2.45, 2.75) is 13.8 Å². The maximum Gasteiger partial charge on any atom is 0.130 e. The number of benzene rings is 1. The van der Waals surface area contributed by atoms with Crippen LogP contribution in [-0.2, 0) is 0 Å². The molecule has 1 aromatic carbocycles. The summed E-state index contributed by atoms with van der Waals surface area (Å²) in [5.74, 6) is -0.0572. The molecule has 1 N–H and O–H groups in total. The van der Waals surface area contributed by atoms with Crippen molar-refractivity contribution < 1.29 is 9.50 Å². The first kappa shape index (κ1) is 12.4. The lowest BCUT2D eigenvalue weighted by Crippen LogP contribution is -1.99. The zero-order valence-electron chi connectivity index (χ0n) is 8.80. The van der Waals surface area contributed by atoms with E-state index in [0.29, 0.717) is 5.56 Å². The summed E-state index contributed by atoms with van der Waals surface area (Å²) in [6, 6.07) is 4.76. The van der Waals surface area contributed by atoms with Crippen LogP contribution in [0.4, 0.5) is 4.39 Å². The van der Waals surface area contributed by atoms with Crippen LogP contribution in [0.1, 0.15) is 19.4 Å². The van der Waals surface area contributed by atoms with Gasteiger partial charge in [-0.25, -0.2) is 4.39 Å². The van der Waals surface area contributed by atoms with E-state index in [-0.39, 0.29) is 18.3 Å². The second kappa shape index (κ2) is 5.42. The molecule has 0 fully saturated rings. The molecule has 0 heterocycles. The Labute approximate surface area is 97.8 Å². The number of hydrogen-bond donors (Lipinski definition) is 1. The Balaban J connectivity index is 3.10. The molecule has 0 aliphatic rings. The quantitative estimate of drug-likeness (QED) is 0.891. The highest BCUT2D eigenvalue weighted by atomic mass is 79.9. The summed E-state index contributed by atoms with van der Waals surface area (Å²) in [6.07, 6.45) is 1.70. The van der Waals surface area contributed by atoms with Gasteiger partial charge in [0, 0.05) is 10.0 Å². The maximum absolute atomic E-state index is 13.4. The summed E-state index contributed by atoms with van der Waals surface area (Å²) in [5.41, 5.74) is 1.33. The van der Waals surface area contributed by atoms with Crippen molar-refractivity contribution in [3.05, 3.63) is 39.6 Å². The van der Waals surface area contributed by atoms with Crippen LogP contribution in [0.5, 0.6) is 0 Å². The van der Waals surface area contributed by atoms with Crippen LogP contribution in [0.2, 0.25) is 0 Å². The molecule has 3 heteroatoms. The molecule has 0 atom stereocenters. The Hall–Kier alpha value is -0.670. The summed E-state index contributed by atoms with van der Waals surface area (Å²) >= 11 is 3.29. The average Bonchev–Trinajstić information content (AvgIpc) is 2.18. The molecule has 1 nitrogen and oxygen atoms in total. The van der Waals surface area contributed by atoms with Gasteiger partial charge in [-0.3, -0.25) is 0 Å². The van der Waals surface area contributed by atoms with Crippen molar-refractivity contribution in [3.63, 3.8) is 0 Å². The largest absolute Gasteiger partial charge is 0.392 e. The minimum absolute atomic E-state index is 0.0381. The Kier molecular flexibility index (Phi) is 4.48. The van der Waals surface area contributed by atoms with Crippen molar-refractivity contribution >= 4 is 22.0 Å². The van der Waals surface area contributed by atoms with E-state index in [0.717, 1.165) is 10.0 Å². The molecule has 15 heavy (non-hydrogen) atoms. The van der Waals surface area contributed by atoms with Gasteiger partial charge in [0.1, 0.15) is 5.82 Å². The highest BCUT2D eigenvalue weighted by Crippen LogP contribution is 2.20. The molecule has 1 rings (SSSR count). The lowest BCUT2D eigenvalue weighted by atomic mass is 10.0. The zero-order valence-corrected chi connectivity index (χ0v) is 10.4. The molecule has 0 aliphatic heterocycles. The molecule has 0 saturated carbocycles. The summed E-state index contributed by atoms with van der Waals surface area (Å²) < 4.78 is 14.2. The van der Waals surface area contributed by atoms with E-state index < -0.39 is 0 Å². The van der Waals surface area contributed by atoms with E-state index >= 15 is 0 Å². The molecule has 0 spiro atoms. The number of aliphatic hydroxyl groups excluding tert-OH is 1. The van der Waals surface area contributed by atoms with Crippen molar-refractivity contribution in [3.8, 4) is 0 Å². The molecule has 1 aromatic rings. The summed E-state index contributed by atoms with van der Waals surface area (Å²) in [5, 5.41) is 9.12. The predicted molar refractivity (Wildman–Crippen MR) is 64.0 cm³/mol. The van der Waals surface area contributed by atoms with E-state index in [9.17, 15) is 4.39 Å². The van der Waals surface area contributed by atoms with Gasteiger partial charge in [-0.05, 0) is 29.7 Å². The molecule has 0 unspecified atom stereocenters. The highest BCUT2D eigenvalue weighted by molar-refractivity contribution is 9.10. The van der Waals surface area contributed by atoms with Crippen LogP contribution < -0.4 is 0 Å². The van der Waals surface area contributed by atoms with Crippen molar-refractivity contribution in [2.24, 2.45) is 5.92 Å². The maximum atomic E-state index is 13.4. The normalized spacial score (nSPS) is 12.3. The van der Waals surface area contributed by atoms with E-state index in [1.165, 1.54) is 6.07 Å².